The van der Waals surface area contributed by atoms with E-state index in [9.17, 15) is 9.90 Å². The number of rotatable bonds is 2. The fraction of sp³-hybridized carbons (Fsp3) is 0.312. The lowest BCUT2D eigenvalue weighted by molar-refractivity contribution is -0.115. The van der Waals surface area contributed by atoms with Crippen molar-refractivity contribution in [1.29, 1.82) is 0 Å². The summed E-state index contributed by atoms with van der Waals surface area (Å²) in [6.07, 6.45) is 3.97. The fourth-order valence-corrected chi connectivity index (χ4v) is 3.65. The zero-order valence-electron chi connectivity index (χ0n) is 12.3. The number of aliphatic imine (C=N–C) groups is 1. The molecule has 1 aromatic heterocycles. The Morgan fingerprint density at radius 1 is 1.35 bits per heavy atom. The van der Waals surface area contributed by atoms with Crippen LogP contribution in [0.15, 0.2) is 34.4 Å². The van der Waals surface area contributed by atoms with Gasteiger partial charge in [-0.2, -0.15) is 0 Å². The lowest BCUT2D eigenvalue weighted by Crippen LogP contribution is -2.29. The van der Waals surface area contributed by atoms with E-state index in [1.807, 2.05) is 18.2 Å². The van der Waals surface area contributed by atoms with Crippen LogP contribution in [0, 0.1) is 0 Å². The van der Waals surface area contributed by atoms with Crippen LogP contribution in [0.4, 0.5) is 0 Å². The monoisotopic (exact) mass is 328 g/mol. The standard InChI is InChI=1S/C16H16N4O2S/c21-13-3-1-2-10(13)18-16-19-12(15(22)20-16)6-9-4-5-11-14(7-9)23-8-17-11/h4-8,10,13,21H,1-3H2,(H2,18,19,20,22)/b12-6-/t10-,13-/m1/s1. The first-order chi connectivity index (χ1) is 11.2. The summed E-state index contributed by atoms with van der Waals surface area (Å²) in [7, 11) is 0. The van der Waals surface area contributed by atoms with E-state index < -0.39 is 6.10 Å². The van der Waals surface area contributed by atoms with E-state index in [0.29, 0.717) is 11.7 Å². The third kappa shape index (κ3) is 2.85. The Morgan fingerprint density at radius 3 is 3.09 bits per heavy atom. The molecular weight excluding hydrogens is 312 g/mol. The van der Waals surface area contributed by atoms with Crippen LogP contribution in [0.3, 0.4) is 0 Å². The summed E-state index contributed by atoms with van der Waals surface area (Å²) in [5.41, 5.74) is 4.15. The Kier molecular flexibility index (Phi) is 3.59. The smallest absolute Gasteiger partial charge is 0.274 e. The molecule has 3 N–H and O–H groups in total. The first-order valence-electron chi connectivity index (χ1n) is 7.58. The number of carbonyl (C=O) groups is 1. The summed E-state index contributed by atoms with van der Waals surface area (Å²) in [6.45, 7) is 0. The molecule has 2 heterocycles. The van der Waals surface area contributed by atoms with Crippen LogP contribution in [0.2, 0.25) is 0 Å². The number of amides is 1. The molecular formula is C16H16N4O2S. The number of carbonyl (C=O) groups excluding carboxylic acids is 1. The van der Waals surface area contributed by atoms with E-state index in [-0.39, 0.29) is 11.9 Å². The molecule has 1 aliphatic carbocycles. The largest absolute Gasteiger partial charge is 0.391 e. The molecule has 1 saturated heterocycles. The first-order valence-corrected chi connectivity index (χ1v) is 8.46. The Labute approximate surface area is 137 Å². The molecule has 1 saturated carbocycles. The minimum absolute atomic E-state index is 0.134. The number of aliphatic hydroxyl groups is 1. The molecule has 1 aromatic carbocycles. The molecule has 7 heteroatoms. The molecule has 0 spiro atoms. The van der Waals surface area contributed by atoms with E-state index >= 15 is 0 Å². The zero-order valence-corrected chi connectivity index (χ0v) is 13.1. The predicted molar refractivity (Wildman–Crippen MR) is 90.0 cm³/mol. The van der Waals surface area contributed by atoms with Gasteiger partial charge in [0.25, 0.3) is 5.91 Å². The van der Waals surface area contributed by atoms with Gasteiger partial charge in [-0.15, -0.1) is 11.3 Å². The summed E-state index contributed by atoms with van der Waals surface area (Å²) in [5, 5.41) is 15.5. The highest BCUT2D eigenvalue weighted by molar-refractivity contribution is 7.16. The molecule has 1 aliphatic heterocycles. The lowest BCUT2D eigenvalue weighted by atomic mass is 10.2. The number of nitrogens with one attached hydrogen (secondary N) is 2. The Balaban J connectivity index is 1.56. The average molecular weight is 328 g/mol. The lowest BCUT2D eigenvalue weighted by Gasteiger charge is -2.09. The molecule has 0 unspecified atom stereocenters. The van der Waals surface area contributed by atoms with Gasteiger partial charge in [0.15, 0.2) is 0 Å². The number of aliphatic hydroxyl groups excluding tert-OH is 1. The van der Waals surface area contributed by atoms with E-state index in [1.165, 1.54) is 0 Å². The third-order valence-corrected chi connectivity index (χ3v) is 4.93. The fourth-order valence-electron chi connectivity index (χ4n) is 2.92. The summed E-state index contributed by atoms with van der Waals surface area (Å²) < 4.78 is 1.08. The third-order valence-electron chi connectivity index (χ3n) is 4.13. The average Bonchev–Trinajstić information content (AvgIpc) is 3.22. The highest BCUT2D eigenvalue weighted by Gasteiger charge is 2.28. The molecule has 2 aliphatic rings. The molecule has 6 nitrogen and oxygen atoms in total. The Morgan fingerprint density at radius 2 is 2.26 bits per heavy atom. The molecule has 0 bridgehead atoms. The molecule has 2 aromatic rings. The second kappa shape index (κ2) is 5.75. The summed E-state index contributed by atoms with van der Waals surface area (Å²) in [6, 6.07) is 5.74. The maximum absolute atomic E-state index is 12.1. The minimum atomic E-state index is -0.414. The number of fused-ring (bicyclic) bond motifs is 1. The molecule has 2 atom stereocenters. The van der Waals surface area contributed by atoms with Crippen LogP contribution in [-0.2, 0) is 4.79 Å². The van der Waals surface area contributed by atoms with Gasteiger partial charge in [0.2, 0.25) is 5.96 Å². The number of hydrogen-bond donors (Lipinski definition) is 3. The van der Waals surface area contributed by atoms with Crippen LogP contribution in [0.25, 0.3) is 16.3 Å². The number of benzene rings is 1. The van der Waals surface area contributed by atoms with Gasteiger partial charge in [0.05, 0.1) is 27.9 Å². The van der Waals surface area contributed by atoms with Gasteiger partial charge in [-0.3, -0.25) is 10.1 Å². The van der Waals surface area contributed by atoms with Crippen LogP contribution < -0.4 is 10.6 Å². The topological polar surface area (TPSA) is 86.6 Å². The SMILES string of the molecule is O=C1NC(=N[C@@H]2CCC[C@H]2O)N/C1=C\c1ccc2ncsc2c1. The van der Waals surface area contributed by atoms with Crippen molar-refractivity contribution >= 4 is 39.5 Å². The van der Waals surface area contributed by atoms with Crippen LogP contribution in [-0.4, -0.2) is 34.1 Å². The van der Waals surface area contributed by atoms with Crippen LogP contribution in [0.1, 0.15) is 24.8 Å². The van der Waals surface area contributed by atoms with E-state index in [1.54, 1.807) is 22.9 Å². The van der Waals surface area contributed by atoms with E-state index in [4.69, 9.17) is 0 Å². The van der Waals surface area contributed by atoms with Crippen molar-refractivity contribution in [3.63, 3.8) is 0 Å². The van der Waals surface area contributed by atoms with Crippen LogP contribution in [0.5, 0.6) is 0 Å². The highest BCUT2D eigenvalue weighted by Crippen LogP contribution is 2.23. The van der Waals surface area contributed by atoms with Gasteiger partial charge in [0, 0.05) is 0 Å². The van der Waals surface area contributed by atoms with Crippen molar-refractivity contribution in [1.82, 2.24) is 15.6 Å². The van der Waals surface area contributed by atoms with Crippen molar-refractivity contribution in [2.45, 2.75) is 31.4 Å². The summed E-state index contributed by atoms with van der Waals surface area (Å²) >= 11 is 1.57. The predicted octanol–water partition coefficient (Wildman–Crippen LogP) is 1.63. The highest BCUT2D eigenvalue weighted by atomic mass is 32.1. The number of guanidine groups is 1. The molecule has 4 rings (SSSR count). The molecule has 0 radical (unpaired) electrons. The molecule has 2 fully saturated rings. The quantitative estimate of drug-likeness (QED) is 0.731. The maximum atomic E-state index is 12.1. The zero-order chi connectivity index (χ0) is 15.8. The second-order valence-electron chi connectivity index (χ2n) is 5.76. The summed E-state index contributed by atoms with van der Waals surface area (Å²) in [4.78, 5) is 20.7. The number of aromatic nitrogens is 1. The van der Waals surface area contributed by atoms with E-state index in [0.717, 1.165) is 35.0 Å². The van der Waals surface area contributed by atoms with Gasteiger partial charge < -0.3 is 10.4 Å². The second-order valence-corrected chi connectivity index (χ2v) is 6.65. The van der Waals surface area contributed by atoms with Gasteiger partial charge in [0.1, 0.15) is 5.70 Å². The van der Waals surface area contributed by atoms with Gasteiger partial charge in [-0.25, -0.2) is 9.98 Å². The Bertz CT molecular complexity index is 826. The van der Waals surface area contributed by atoms with Crippen molar-refractivity contribution < 1.29 is 9.90 Å². The van der Waals surface area contributed by atoms with Crippen molar-refractivity contribution in [2.24, 2.45) is 4.99 Å². The molecule has 23 heavy (non-hydrogen) atoms. The van der Waals surface area contributed by atoms with Crippen LogP contribution >= 0.6 is 11.3 Å². The number of hydrogen-bond acceptors (Lipinski definition) is 5. The Hall–Kier alpha value is -2.25. The van der Waals surface area contributed by atoms with Crippen molar-refractivity contribution in [3.05, 3.63) is 35.0 Å². The first kappa shape index (κ1) is 14.3. The summed E-state index contributed by atoms with van der Waals surface area (Å²) in [5.74, 6) is 0.215. The minimum Gasteiger partial charge on any atom is -0.391 e. The van der Waals surface area contributed by atoms with Crippen molar-refractivity contribution in [3.8, 4) is 0 Å². The van der Waals surface area contributed by atoms with Gasteiger partial charge >= 0.3 is 0 Å². The number of thiazole rings is 1. The van der Waals surface area contributed by atoms with Gasteiger partial charge in [-0.05, 0) is 43.0 Å². The molecule has 118 valence electrons. The van der Waals surface area contributed by atoms with Crippen molar-refractivity contribution in [2.75, 3.05) is 0 Å². The van der Waals surface area contributed by atoms with Gasteiger partial charge in [-0.1, -0.05) is 6.07 Å². The maximum Gasteiger partial charge on any atom is 0.274 e. The number of nitrogens with zero attached hydrogens (tertiary/aromatic N) is 2. The normalized spacial score (nSPS) is 27.8. The molecule has 1 amide bonds. The van der Waals surface area contributed by atoms with E-state index in [2.05, 4.69) is 20.6 Å².